The van der Waals surface area contributed by atoms with E-state index < -0.39 is 32.3 Å². The molecule has 0 spiro atoms. The van der Waals surface area contributed by atoms with Crippen LogP contribution in [-0.4, -0.2) is 33.7 Å². The first-order valence-electron chi connectivity index (χ1n) is 3.30. The van der Waals surface area contributed by atoms with Crippen LogP contribution in [0.4, 0.5) is 0 Å². The second-order valence-electron chi connectivity index (χ2n) is 2.45. The summed E-state index contributed by atoms with van der Waals surface area (Å²) in [6.07, 6.45) is -0.501. The molecule has 1 amide bonds. The minimum absolute atomic E-state index is 0.501. The average molecular weight is 197 g/mol. The average Bonchev–Trinajstić information content (AvgIpc) is 1.84. The third-order valence-electron chi connectivity index (χ3n) is 1.21. The Kier molecular flexibility index (Phi) is 4.41. The van der Waals surface area contributed by atoms with E-state index in [4.69, 9.17) is 14.9 Å². The molecule has 0 radical (unpaired) electrons. The standard InChI is InChI=1S/C5H12NO5P/c1-4(2-12(9,10)11)5(8)6-3-7/h4,7H,2-3H2,1H3,(H,6,8)(H2,9,10,11). The predicted octanol–water partition coefficient (Wildman–Crippen LogP) is -1.13. The summed E-state index contributed by atoms with van der Waals surface area (Å²) in [4.78, 5) is 27.8. The van der Waals surface area contributed by atoms with Gasteiger partial charge in [-0.25, -0.2) is 0 Å². The molecule has 0 aromatic rings. The summed E-state index contributed by atoms with van der Waals surface area (Å²) in [6.45, 7) is 0.856. The zero-order chi connectivity index (χ0) is 9.78. The van der Waals surface area contributed by atoms with E-state index in [1.54, 1.807) is 0 Å². The molecule has 6 nitrogen and oxygen atoms in total. The van der Waals surface area contributed by atoms with Crippen LogP contribution in [0, 0.1) is 5.92 Å². The Morgan fingerprint density at radius 2 is 2.08 bits per heavy atom. The normalized spacial score (nSPS) is 14.0. The molecule has 0 fully saturated rings. The Balaban J connectivity index is 3.96. The summed E-state index contributed by atoms with van der Waals surface area (Å²) in [6, 6.07) is 0. The van der Waals surface area contributed by atoms with Crippen LogP contribution in [0.1, 0.15) is 6.92 Å². The van der Waals surface area contributed by atoms with Gasteiger partial charge in [0, 0.05) is 5.92 Å². The molecule has 0 saturated carbocycles. The molecule has 0 rings (SSSR count). The molecule has 0 aromatic carbocycles. The largest absolute Gasteiger partial charge is 0.377 e. The first kappa shape index (κ1) is 11.6. The molecule has 4 N–H and O–H groups in total. The highest BCUT2D eigenvalue weighted by atomic mass is 31.2. The second kappa shape index (κ2) is 4.57. The van der Waals surface area contributed by atoms with Crippen molar-refractivity contribution in [3.8, 4) is 0 Å². The summed E-state index contributed by atoms with van der Waals surface area (Å²) < 4.78 is 10.4. The number of nitrogens with one attached hydrogen (secondary N) is 1. The van der Waals surface area contributed by atoms with Crippen LogP contribution in [-0.2, 0) is 9.36 Å². The third kappa shape index (κ3) is 5.26. The molecule has 7 heteroatoms. The van der Waals surface area contributed by atoms with Gasteiger partial charge >= 0.3 is 7.60 Å². The quantitative estimate of drug-likeness (QED) is 0.337. The first-order valence-corrected chi connectivity index (χ1v) is 5.09. The molecular weight excluding hydrogens is 185 g/mol. The maximum atomic E-state index is 10.8. The lowest BCUT2D eigenvalue weighted by Crippen LogP contribution is -2.31. The van der Waals surface area contributed by atoms with E-state index in [9.17, 15) is 9.36 Å². The molecule has 1 unspecified atom stereocenters. The topological polar surface area (TPSA) is 107 Å². The van der Waals surface area contributed by atoms with Crippen molar-refractivity contribution in [2.75, 3.05) is 12.9 Å². The summed E-state index contributed by atoms with van der Waals surface area (Å²) >= 11 is 0. The van der Waals surface area contributed by atoms with E-state index in [0.29, 0.717) is 0 Å². The SMILES string of the molecule is CC(CP(=O)(O)O)C(=O)NCO. The number of carbonyl (C=O) groups is 1. The van der Waals surface area contributed by atoms with Gasteiger partial charge in [0.1, 0.15) is 6.73 Å². The first-order chi connectivity index (χ1) is 5.37. The van der Waals surface area contributed by atoms with Gasteiger partial charge in [-0.3, -0.25) is 9.36 Å². The van der Waals surface area contributed by atoms with E-state index in [1.807, 2.05) is 5.32 Å². The van der Waals surface area contributed by atoms with Gasteiger partial charge in [0.05, 0.1) is 6.16 Å². The van der Waals surface area contributed by atoms with Gasteiger partial charge in [0.2, 0.25) is 5.91 Å². The van der Waals surface area contributed by atoms with E-state index >= 15 is 0 Å². The fraction of sp³-hybridized carbons (Fsp3) is 0.800. The molecule has 0 heterocycles. The summed E-state index contributed by atoms with van der Waals surface area (Å²) in [5, 5.41) is 10.3. The Labute approximate surface area is 69.8 Å². The molecule has 12 heavy (non-hydrogen) atoms. The number of rotatable bonds is 4. The highest BCUT2D eigenvalue weighted by Crippen LogP contribution is 2.36. The van der Waals surface area contributed by atoms with Gasteiger partial charge in [-0.2, -0.15) is 0 Å². The van der Waals surface area contributed by atoms with Crippen LogP contribution < -0.4 is 5.32 Å². The lowest BCUT2D eigenvalue weighted by atomic mass is 10.2. The molecule has 0 aliphatic carbocycles. The van der Waals surface area contributed by atoms with Gasteiger partial charge in [0.15, 0.2) is 0 Å². The summed E-state index contributed by atoms with van der Waals surface area (Å²) in [7, 11) is -4.14. The number of amides is 1. The van der Waals surface area contributed by atoms with E-state index in [-0.39, 0.29) is 0 Å². The van der Waals surface area contributed by atoms with Crippen molar-refractivity contribution in [1.82, 2.24) is 5.32 Å². The van der Waals surface area contributed by atoms with Gasteiger partial charge in [-0.1, -0.05) is 6.92 Å². The Morgan fingerprint density at radius 3 is 2.42 bits per heavy atom. The lowest BCUT2D eigenvalue weighted by Gasteiger charge is -2.10. The molecular formula is C5H12NO5P. The number of hydrogen-bond donors (Lipinski definition) is 4. The second-order valence-corrected chi connectivity index (χ2v) is 4.14. The summed E-state index contributed by atoms with van der Waals surface area (Å²) in [5.74, 6) is -1.36. The van der Waals surface area contributed by atoms with E-state index in [2.05, 4.69) is 0 Å². The minimum atomic E-state index is -4.14. The Bertz CT molecular complexity index is 200. The highest BCUT2D eigenvalue weighted by molar-refractivity contribution is 7.51. The smallest absolute Gasteiger partial charge is 0.326 e. The number of carbonyl (C=O) groups excluding carboxylic acids is 1. The van der Waals surface area contributed by atoms with Crippen molar-refractivity contribution in [1.29, 1.82) is 0 Å². The van der Waals surface area contributed by atoms with Crippen LogP contribution in [0.15, 0.2) is 0 Å². The maximum absolute atomic E-state index is 10.8. The monoisotopic (exact) mass is 197 g/mol. The zero-order valence-corrected chi connectivity index (χ0v) is 7.49. The Morgan fingerprint density at radius 1 is 1.58 bits per heavy atom. The van der Waals surface area contributed by atoms with Crippen molar-refractivity contribution in [3.05, 3.63) is 0 Å². The van der Waals surface area contributed by atoms with Crippen LogP contribution in [0.3, 0.4) is 0 Å². The van der Waals surface area contributed by atoms with Crippen molar-refractivity contribution >= 4 is 13.5 Å². The maximum Gasteiger partial charge on any atom is 0.326 e. The van der Waals surface area contributed by atoms with Crippen LogP contribution in [0.2, 0.25) is 0 Å². The van der Waals surface area contributed by atoms with Crippen LogP contribution in [0.25, 0.3) is 0 Å². The van der Waals surface area contributed by atoms with Crippen molar-refractivity contribution in [2.45, 2.75) is 6.92 Å². The van der Waals surface area contributed by atoms with Gasteiger partial charge in [-0.05, 0) is 0 Å². The lowest BCUT2D eigenvalue weighted by molar-refractivity contribution is -0.125. The highest BCUT2D eigenvalue weighted by Gasteiger charge is 2.22. The molecule has 72 valence electrons. The summed E-state index contributed by atoms with van der Waals surface area (Å²) in [5.41, 5.74) is 0. The molecule has 0 aromatic heterocycles. The van der Waals surface area contributed by atoms with Crippen molar-refractivity contribution in [2.24, 2.45) is 5.92 Å². The fourth-order valence-electron chi connectivity index (χ4n) is 0.692. The molecule has 1 atom stereocenters. The van der Waals surface area contributed by atoms with Crippen LogP contribution in [0.5, 0.6) is 0 Å². The molecule has 0 aliphatic rings. The molecule has 0 bridgehead atoms. The number of hydrogen-bond acceptors (Lipinski definition) is 3. The zero-order valence-electron chi connectivity index (χ0n) is 6.60. The van der Waals surface area contributed by atoms with Gasteiger partial charge in [0.25, 0.3) is 0 Å². The minimum Gasteiger partial charge on any atom is -0.377 e. The Hall–Kier alpha value is -0.420. The van der Waals surface area contributed by atoms with E-state index in [1.165, 1.54) is 6.92 Å². The van der Waals surface area contributed by atoms with Crippen molar-refractivity contribution < 1.29 is 24.3 Å². The molecule has 0 aliphatic heterocycles. The fourth-order valence-corrected chi connectivity index (χ4v) is 1.57. The van der Waals surface area contributed by atoms with Crippen molar-refractivity contribution in [3.63, 3.8) is 0 Å². The van der Waals surface area contributed by atoms with Gasteiger partial charge in [-0.15, -0.1) is 0 Å². The number of aliphatic hydroxyl groups excluding tert-OH is 1. The van der Waals surface area contributed by atoms with Crippen LogP contribution >= 0.6 is 7.60 Å². The molecule has 0 saturated heterocycles. The third-order valence-corrected chi connectivity index (χ3v) is 2.24. The van der Waals surface area contributed by atoms with Gasteiger partial charge < -0.3 is 20.2 Å². The number of aliphatic hydroxyl groups is 1. The van der Waals surface area contributed by atoms with E-state index in [0.717, 1.165) is 0 Å². The predicted molar refractivity (Wildman–Crippen MR) is 41.3 cm³/mol.